The number of piperidine rings is 1. The molecule has 1 fully saturated rings. The Kier molecular flexibility index (Phi) is 10.6. The van der Waals surface area contributed by atoms with E-state index < -0.39 is 34.8 Å². The second kappa shape index (κ2) is 14.6. The highest BCUT2D eigenvalue weighted by Crippen LogP contribution is 2.44. The molecule has 0 aromatic heterocycles. The highest BCUT2D eigenvalue weighted by Gasteiger charge is 2.43. The lowest BCUT2D eigenvalue weighted by molar-refractivity contribution is -0.384. The van der Waals surface area contributed by atoms with E-state index in [0.717, 1.165) is 43.9 Å². The van der Waals surface area contributed by atoms with Crippen LogP contribution in [0.3, 0.4) is 0 Å². The van der Waals surface area contributed by atoms with Gasteiger partial charge in [-0.1, -0.05) is 18.2 Å². The molecule has 3 aliphatic rings. The minimum atomic E-state index is -0.939. The average molecular weight is 649 g/mol. The van der Waals surface area contributed by atoms with E-state index >= 15 is 0 Å². The quantitative estimate of drug-likeness (QED) is 0.155. The number of hydrogen-bond acceptors (Lipinski definition) is 11. The number of aliphatic imine (C=N–C) groups is 1. The fraction of sp³-hybridized carbons (Fsp3) is 0.514. The number of nitrogens with one attached hydrogen (secondary N) is 1. The van der Waals surface area contributed by atoms with Gasteiger partial charge in [0.2, 0.25) is 0 Å². The zero-order valence-corrected chi connectivity index (χ0v) is 27.9. The molecule has 0 radical (unpaired) electrons. The van der Waals surface area contributed by atoms with Crippen LogP contribution in [0.4, 0.5) is 5.69 Å². The molecule has 12 nitrogen and oxygen atoms in total. The number of fused-ring (bicyclic) bond motifs is 3. The van der Waals surface area contributed by atoms with Crippen molar-refractivity contribution >= 4 is 23.3 Å². The number of nitrogens with zero attached hydrogens (tertiary/aromatic N) is 3. The standard InChI is InChI=1S/C35H44N4O8/c1-20(2)47-35(41)31-22(4)37-21(3)30(32(31)23-8-7-9-25(18-23)39(42)43)34(40)46-17-14-36-24-12-15-38-16-13-27-26(28(38)19-24)10-11-29(44-5)33(27)45-6/h7-11,18,20,24,28,31-32,36H,12-17,19H2,1-6H3. The van der Waals surface area contributed by atoms with Crippen LogP contribution in [0.25, 0.3) is 0 Å². The highest BCUT2D eigenvalue weighted by molar-refractivity contribution is 6.07. The molecule has 4 atom stereocenters. The number of methoxy groups -OCH3 is 2. The van der Waals surface area contributed by atoms with Crippen molar-refractivity contribution in [3.05, 3.63) is 74.5 Å². The first-order valence-corrected chi connectivity index (χ1v) is 16.1. The number of ether oxygens (including phenoxy) is 4. The minimum absolute atomic E-state index is 0.105. The predicted octanol–water partition coefficient (Wildman–Crippen LogP) is 4.91. The van der Waals surface area contributed by atoms with E-state index in [-0.39, 0.29) is 30.0 Å². The lowest BCUT2D eigenvalue weighted by atomic mass is 9.75. The second-order valence-corrected chi connectivity index (χ2v) is 12.5. The summed E-state index contributed by atoms with van der Waals surface area (Å²) in [6, 6.07) is 10.6. The molecule has 12 heteroatoms. The van der Waals surface area contributed by atoms with Crippen LogP contribution >= 0.6 is 0 Å². The number of allylic oxidation sites excluding steroid dienone is 1. The summed E-state index contributed by atoms with van der Waals surface area (Å²) in [7, 11) is 3.33. The van der Waals surface area contributed by atoms with E-state index in [9.17, 15) is 19.7 Å². The summed E-state index contributed by atoms with van der Waals surface area (Å²) < 4.78 is 22.6. The van der Waals surface area contributed by atoms with Crippen molar-refractivity contribution in [1.82, 2.24) is 10.2 Å². The van der Waals surface area contributed by atoms with E-state index in [1.165, 1.54) is 23.3 Å². The molecule has 0 saturated carbocycles. The van der Waals surface area contributed by atoms with Gasteiger partial charge in [-0.25, -0.2) is 4.79 Å². The predicted molar refractivity (Wildman–Crippen MR) is 176 cm³/mol. The van der Waals surface area contributed by atoms with Crippen LogP contribution < -0.4 is 14.8 Å². The number of carbonyl (C=O) groups is 2. The fourth-order valence-electron chi connectivity index (χ4n) is 7.21. The second-order valence-electron chi connectivity index (χ2n) is 12.5. The largest absolute Gasteiger partial charge is 0.493 e. The van der Waals surface area contributed by atoms with E-state index in [2.05, 4.69) is 21.3 Å². The molecule has 252 valence electrons. The normalized spacial score (nSPS) is 22.6. The van der Waals surface area contributed by atoms with Crippen molar-refractivity contribution in [3.8, 4) is 11.5 Å². The van der Waals surface area contributed by atoms with Gasteiger partial charge in [-0.15, -0.1) is 0 Å². The molecule has 0 amide bonds. The maximum absolute atomic E-state index is 13.7. The van der Waals surface area contributed by atoms with Gasteiger partial charge in [0.15, 0.2) is 11.5 Å². The number of non-ortho nitro benzene ring substituents is 1. The summed E-state index contributed by atoms with van der Waals surface area (Å²) in [5, 5.41) is 15.2. The molecule has 3 aliphatic heterocycles. The molecule has 0 aliphatic carbocycles. The van der Waals surface area contributed by atoms with Gasteiger partial charge in [0, 0.05) is 66.7 Å². The number of nitro groups is 1. The monoisotopic (exact) mass is 648 g/mol. The Morgan fingerprint density at radius 2 is 1.91 bits per heavy atom. The first-order chi connectivity index (χ1) is 22.5. The van der Waals surface area contributed by atoms with E-state index in [4.69, 9.17) is 18.9 Å². The average Bonchev–Trinajstić information content (AvgIpc) is 3.05. The maximum Gasteiger partial charge on any atom is 0.336 e. The fourth-order valence-corrected chi connectivity index (χ4v) is 7.21. The van der Waals surface area contributed by atoms with Crippen LogP contribution in [0.2, 0.25) is 0 Å². The van der Waals surface area contributed by atoms with Crippen molar-refractivity contribution in [3.63, 3.8) is 0 Å². The summed E-state index contributed by atoms with van der Waals surface area (Å²) in [5.41, 5.74) is 3.83. The summed E-state index contributed by atoms with van der Waals surface area (Å²) in [6.07, 6.45) is 2.39. The SMILES string of the molecule is COc1ccc2c(c1OC)CCN1CCC(NCCOC(=O)C3=C(C)N=C(C)C(C(=O)OC(C)C)C3c3cccc([N+](=O)[O-])c3)CC21. The number of nitro benzene ring substituents is 1. The molecule has 0 bridgehead atoms. The van der Waals surface area contributed by atoms with Crippen LogP contribution in [0.1, 0.15) is 69.2 Å². The van der Waals surface area contributed by atoms with Crippen molar-refractivity contribution in [2.75, 3.05) is 40.5 Å². The summed E-state index contributed by atoms with van der Waals surface area (Å²) in [5.74, 6) is -1.41. The van der Waals surface area contributed by atoms with Gasteiger partial charge < -0.3 is 24.3 Å². The van der Waals surface area contributed by atoms with E-state index in [1.54, 1.807) is 54.0 Å². The van der Waals surface area contributed by atoms with Crippen LogP contribution in [0, 0.1) is 16.0 Å². The Labute approximate surface area is 275 Å². The minimum Gasteiger partial charge on any atom is -0.493 e. The Hall–Kier alpha value is -4.29. The van der Waals surface area contributed by atoms with Crippen LogP contribution in [-0.2, 0) is 25.5 Å². The lowest BCUT2D eigenvalue weighted by Crippen LogP contribution is -2.47. The zero-order chi connectivity index (χ0) is 33.8. The third kappa shape index (κ3) is 7.18. The third-order valence-electron chi connectivity index (χ3n) is 9.27. The Morgan fingerprint density at radius 1 is 1.13 bits per heavy atom. The number of esters is 2. The van der Waals surface area contributed by atoms with Crippen LogP contribution in [-0.4, -0.2) is 80.1 Å². The number of hydrogen-bond donors (Lipinski definition) is 1. The molecule has 5 rings (SSSR count). The van der Waals surface area contributed by atoms with Crippen molar-refractivity contribution in [2.45, 2.75) is 71.1 Å². The van der Waals surface area contributed by atoms with Gasteiger partial charge in [-0.2, -0.15) is 0 Å². The first-order valence-electron chi connectivity index (χ1n) is 16.1. The van der Waals surface area contributed by atoms with Gasteiger partial charge in [0.05, 0.1) is 30.8 Å². The molecular formula is C35H44N4O8. The molecule has 1 saturated heterocycles. The molecule has 4 unspecified atom stereocenters. The van der Waals surface area contributed by atoms with E-state index in [0.29, 0.717) is 23.5 Å². The zero-order valence-electron chi connectivity index (χ0n) is 27.9. The summed E-state index contributed by atoms with van der Waals surface area (Å²) >= 11 is 0. The summed E-state index contributed by atoms with van der Waals surface area (Å²) in [4.78, 5) is 45.2. The number of carbonyl (C=O) groups excluding carboxylic acids is 2. The molecule has 0 spiro atoms. The van der Waals surface area contributed by atoms with Gasteiger partial charge in [0.25, 0.3) is 5.69 Å². The Bertz CT molecular complexity index is 1590. The summed E-state index contributed by atoms with van der Waals surface area (Å²) in [6.45, 7) is 9.33. The smallest absolute Gasteiger partial charge is 0.336 e. The molecule has 3 heterocycles. The molecule has 2 aromatic rings. The topological polar surface area (TPSA) is 142 Å². The van der Waals surface area contributed by atoms with Gasteiger partial charge in [0.1, 0.15) is 12.5 Å². The number of benzene rings is 2. The van der Waals surface area contributed by atoms with Gasteiger partial charge in [-0.05, 0) is 64.2 Å². The van der Waals surface area contributed by atoms with Gasteiger partial charge >= 0.3 is 11.9 Å². The molecule has 47 heavy (non-hydrogen) atoms. The van der Waals surface area contributed by atoms with Crippen LogP contribution in [0.5, 0.6) is 11.5 Å². The molecule has 2 aromatic carbocycles. The molecular weight excluding hydrogens is 604 g/mol. The van der Waals surface area contributed by atoms with Crippen molar-refractivity contribution < 1.29 is 33.5 Å². The molecule has 1 N–H and O–H groups in total. The third-order valence-corrected chi connectivity index (χ3v) is 9.27. The first kappa shape index (κ1) is 34.1. The number of rotatable bonds is 11. The maximum atomic E-state index is 13.7. The van der Waals surface area contributed by atoms with Crippen LogP contribution in [0.15, 0.2) is 52.7 Å². The van der Waals surface area contributed by atoms with E-state index in [1.807, 2.05) is 6.07 Å². The van der Waals surface area contributed by atoms with Gasteiger partial charge in [-0.3, -0.25) is 24.8 Å². The highest BCUT2D eigenvalue weighted by atomic mass is 16.6. The van der Waals surface area contributed by atoms with Crippen molar-refractivity contribution in [1.29, 1.82) is 0 Å². The lowest BCUT2D eigenvalue weighted by Gasteiger charge is -2.44. The van der Waals surface area contributed by atoms with Crippen molar-refractivity contribution in [2.24, 2.45) is 10.9 Å². The Balaban J connectivity index is 1.28. The Morgan fingerprint density at radius 3 is 2.62 bits per heavy atom.